The van der Waals surface area contributed by atoms with E-state index in [2.05, 4.69) is 15.0 Å². The van der Waals surface area contributed by atoms with E-state index < -0.39 is 0 Å². The SMILES string of the molecule is CN(C)C(=O)c1cc2c(s1)CCN(Cc1noc(C3CC3)n1)C2. The van der Waals surface area contributed by atoms with Gasteiger partial charge in [-0.05, 0) is 30.9 Å². The highest BCUT2D eigenvalue weighted by Crippen LogP contribution is 2.39. The minimum Gasteiger partial charge on any atom is -0.344 e. The number of carbonyl (C=O) groups excluding carboxylic acids is 1. The average molecular weight is 332 g/mol. The molecule has 0 atom stereocenters. The molecule has 0 bridgehead atoms. The van der Waals surface area contributed by atoms with E-state index in [9.17, 15) is 4.79 Å². The highest BCUT2D eigenvalue weighted by molar-refractivity contribution is 7.14. The van der Waals surface area contributed by atoms with Crippen molar-refractivity contribution in [3.63, 3.8) is 0 Å². The van der Waals surface area contributed by atoms with Crippen LogP contribution in [0.5, 0.6) is 0 Å². The molecule has 7 heteroatoms. The fourth-order valence-corrected chi connectivity index (χ4v) is 4.06. The number of amides is 1. The fraction of sp³-hybridized carbons (Fsp3) is 0.562. The van der Waals surface area contributed by atoms with Crippen LogP contribution in [-0.2, 0) is 19.5 Å². The Bertz CT molecular complexity index is 732. The van der Waals surface area contributed by atoms with Crippen molar-refractivity contribution in [3.05, 3.63) is 33.1 Å². The molecule has 1 aliphatic carbocycles. The second-order valence-corrected chi connectivity index (χ2v) is 7.68. The molecule has 0 spiro atoms. The Morgan fingerprint density at radius 2 is 2.30 bits per heavy atom. The van der Waals surface area contributed by atoms with Crippen molar-refractivity contribution < 1.29 is 9.32 Å². The summed E-state index contributed by atoms with van der Waals surface area (Å²) in [6.07, 6.45) is 3.33. The largest absolute Gasteiger partial charge is 0.344 e. The van der Waals surface area contributed by atoms with E-state index in [1.807, 2.05) is 6.07 Å². The van der Waals surface area contributed by atoms with Crippen LogP contribution in [0.25, 0.3) is 0 Å². The van der Waals surface area contributed by atoms with Gasteiger partial charge in [0.2, 0.25) is 5.89 Å². The van der Waals surface area contributed by atoms with Crippen molar-refractivity contribution in [3.8, 4) is 0 Å². The number of hydrogen-bond donors (Lipinski definition) is 0. The zero-order valence-corrected chi connectivity index (χ0v) is 14.2. The zero-order chi connectivity index (χ0) is 16.0. The number of carbonyl (C=O) groups is 1. The monoisotopic (exact) mass is 332 g/mol. The van der Waals surface area contributed by atoms with Gasteiger partial charge in [-0.25, -0.2) is 0 Å². The summed E-state index contributed by atoms with van der Waals surface area (Å²) in [4.78, 5) is 22.7. The van der Waals surface area contributed by atoms with Gasteiger partial charge in [0.1, 0.15) is 0 Å². The molecular weight excluding hydrogens is 312 g/mol. The van der Waals surface area contributed by atoms with E-state index in [1.165, 1.54) is 23.3 Å². The second-order valence-electron chi connectivity index (χ2n) is 6.54. The number of thiophene rings is 1. The molecule has 0 radical (unpaired) electrons. The Kier molecular flexibility index (Phi) is 3.69. The van der Waals surface area contributed by atoms with Crippen molar-refractivity contribution in [1.29, 1.82) is 0 Å². The molecule has 0 aromatic carbocycles. The maximum atomic E-state index is 12.1. The van der Waals surface area contributed by atoms with Crippen molar-refractivity contribution in [2.45, 2.75) is 38.3 Å². The van der Waals surface area contributed by atoms with E-state index in [1.54, 1.807) is 30.3 Å². The van der Waals surface area contributed by atoms with Crippen molar-refractivity contribution in [1.82, 2.24) is 19.9 Å². The lowest BCUT2D eigenvalue weighted by Crippen LogP contribution is -2.29. The lowest BCUT2D eigenvalue weighted by Gasteiger charge is -2.25. The molecule has 1 aliphatic heterocycles. The van der Waals surface area contributed by atoms with Gasteiger partial charge in [0.25, 0.3) is 5.91 Å². The molecular formula is C16H20N4O2S. The van der Waals surface area contributed by atoms with Gasteiger partial charge in [-0.15, -0.1) is 11.3 Å². The molecule has 4 rings (SSSR count). The predicted molar refractivity (Wildman–Crippen MR) is 86.4 cm³/mol. The van der Waals surface area contributed by atoms with Gasteiger partial charge in [-0.2, -0.15) is 4.98 Å². The molecule has 1 saturated carbocycles. The second kappa shape index (κ2) is 5.72. The normalized spacial score (nSPS) is 18.0. The first-order valence-electron chi connectivity index (χ1n) is 7.98. The van der Waals surface area contributed by atoms with E-state index in [0.717, 1.165) is 36.1 Å². The molecule has 0 unspecified atom stereocenters. The number of aromatic nitrogens is 2. The topological polar surface area (TPSA) is 62.5 Å². The zero-order valence-electron chi connectivity index (χ0n) is 13.4. The van der Waals surface area contributed by atoms with E-state index in [0.29, 0.717) is 12.5 Å². The summed E-state index contributed by atoms with van der Waals surface area (Å²) in [5, 5.41) is 4.10. The van der Waals surface area contributed by atoms with Gasteiger partial charge in [0.15, 0.2) is 5.82 Å². The molecule has 6 nitrogen and oxygen atoms in total. The maximum Gasteiger partial charge on any atom is 0.263 e. The molecule has 23 heavy (non-hydrogen) atoms. The number of fused-ring (bicyclic) bond motifs is 1. The molecule has 122 valence electrons. The highest BCUT2D eigenvalue weighted by Gasteiger charge is 2.30. The summed E-state index contributed by atoms with van der Waals surface area (Å²) >= 11 is 1.63. The van der Waals surface area contributed by atoms with Crippen LogP contribution < -0.4 is 0 Å². The Hall–Kier alpha value is -1.73. The smallest absolute Gasteiger partial charge is 0.263 e. The van der Waals surface area contributed by atoms with Crippen LogP contribution in [0.1, 0.15) is 50.6 Å². The van der Waals surface area contributed by atoms with Gasteiger partial charge in [0, 0.05) is 38.0 Å². The summed E-state index contributed by atoms with van der Waals surface area (Å²) in [7, 11) is 3.59. The lowest BCUT2D eigenvalue weighted by molar-refractivity contribution is 0.0832. The Labute approximate surface area is 139 Å². The third-order valence-electron chi connectivity index (χ3n) is 4.34. The number of rotatable bonds is 4. The molecule has 1 fully saturated rings. The van der Waals surface area contributed by atoms with Gasteiger partial charge >= 0.3 is 0 Å². The van der Waals surface area contributed by atoms with Gasteiger partial charge in [0.05, 0.1) is 11.4 Å². The van der Waals surface area contributed by atoms with Crippen LogP contribution >= 0.6 is 11.3 Å². The maximum absolute atomic E-state index is 12.1. The summed E-state index contributed by atoms with van der Waals surface area (Å²) in [6, 6.07) is 2.04. The van der Waals surface area contributed by atoms with Gasteiger partial charge < -0.3 is 9.42 Å². The molecule has 1 amide bonds. The van der Waals surface area contributed by atoms with Gasteiger partial charge in [-0.3, -0.25) is 9.69 Å². The van der Waals surface area contributed by atoms with Crippen molar-refractivity contribution in [2.24, 2.45) is 0 Å². The predicted octanol–water partition coefficient (Wildman–Crippen LogP) is 2.27. The van der Waals surface area contributed by atoms with Crippen molar-refractivity contribution in [2.75, 3.05) is 20.6 Å². The van der Waals surface area contributed by atoms with E-state index >= 15 is 0 Å². The number of nitrogens with zero attached hydrogens (tertiary/aromatic N) is 4. The average Bonchev–Trinajstić information content (AvgIpc) is 3.13. The molecule has 3 heterocycles. The molecule has 2 aromatic rings. The van der Waals surface area contributed by atoms with E-state index in [4.69, 9.17) is 4.52 Å². The Morgan fingerprint density at radius 3 is 3.04 bits per heavy atom. The quantitative estimate of drug-likeness (QED) is 0.859. The van der Waals surface area contributed by atoms with Crippen LogP contribution in [0.2, 0.25) is 0 Å². The van der Waals surface area contributed by atoms with Crippen LogP contribution in [0.4, 0.5) is 0 Å². The van der Waals surface area contributed by atoms with E-state index in [-0.39, 0.29) is 5.91 Å². The van der Waals surface area contributed by atoms with Crippen LogP contribution in [0, 0.1) is 0 Å². The summed E-state index contributed by atoms with van der Waals surface area (Å²) in [6.45, 7) is 2.53. The molecule has 2 aliphatic rings. The first-order chi connectivity index (χ1) is 11.1. The van der Waals surface area contributed by atoms with Crippen LogP contribution in [0.3, 0.4) is 0 Å². The molecule has 0 N–H and O–H groups in total. The first-order valence-corrected chi connectivity index (χ1v) is 8.80. The van der Waals surface area contributed by atoms with Crippen LogP contribution in [0.15, 0.2) is 10.6 Å². The summed E-state index contributed by atoms with van der Waals surface area (Å²) in [5.41, 5.74) is 1.26. The Morgan fingerprint density at radius 1 is 1.48 bits per heavy atom. The molecule has 2 aromatic heterocycles. The minimum absolute atomic E-state index is 0.0863. The Balaban J connectivity index is 1.44. The minimum atomic E-state index is 0.0863. The summed E-state index contributed by atoms with van der Waals surface area (Å²) in [5.74, 6) is 2.16. The van der Waals surface area contributed by atoms with Crippen molar-refractivity contribution >= 4 is 17.2 Å². The highest BCUT2D eigenvalue weighted by atomic mass is 32.1. The lowest BCUT2D eigenvalue weighted by atomic mass is 10.1. The van der Waals surface area contributed by atoms with Crippen LogP contribution in [-0.4, -0.2) is 46.5 Å². The first kappa shape index (κ1) is 14.8. The third-order valence-corrected chi connectivity index (χ3v) is 5.56. The standard InChI is InChI=1S/C16H20N4O2S/c1-19(2)16(21)13-7-11-8-20(6-5-12(11)23-13)9-14-17-15(22-18-14)10-3-4-10/h7,10H,3-6,8-9H2,1-2H3. The third kappa shape index (κ3) is 3.03. The van der Waals surface area contributed by atoms with Gasteiger partial charge in [-0.1, -0.05) is 5.16 Å². The fourth-order valence-electron chi connectivity index (χ4n) is 2.88. The molecule has 0 saturated heterocycles. The summed E-state index contributed by atoms with van der Waals surface area (Å²) < 4.78 is 5.33. The number of hydrogen-bond acceptors (Lipinski definition) is 6.